The van der Waals surface area contributed by atoms with Gasteiger partial charge in [0.2, 0.25) is 11.8 Å². The first kappa shape index (κ1) is 19.2. The second-order valence-electron chi connectivity index (χ2n) is 6.37. The van der Waals surface area contributed by atoms with Crippen LogP contribution >= 0.6 is 0 Å². The summed E-state index contributed by atoms with van der Waals surface area (Å²) in [6.45, 7) is 0.459. The van der Waals surface area contributed by atoms with E-state index in [1.54, 1.807) is 30.1 Å². The van der Waals surface area contributed by atoms with Crippen LogP contribution in [-0.2, 0) is 16.1 Å². The fraction of sp³-hybridized carbons (Fsp3) is 0.130. The lowest BCUT2D eigenvalue weighted by atomic mass is 10.2. The molecule has 5 heteroatoms. The average molecular weight is 374 g/mol. The van der Waals surface area contributed by atoms with Crippen LogP contribution < -0.4 is 10.1 Å². The number of para-hydroxylation sites is 3. The van der Waals surface area contributed by atoms with Gasteiger partial charge in [-0.25, -0.2) is 0 Å². The van der Waals surface area contributed by atoms with E-state index < -0.39 is 0 Å². The molecule has 3 aromatic rings. The molecule has 0 unspecified atom stereocenters. The lowest BCUT2D eigenvalue weighted by Gasteiger charge is -2.17. The molecule has 0 aliphatic carbocycles. The zero-order valence-corrected chi connectivity index (χ0v) is 15.7. The van der Waals surface area contributed by atoms with E-state index in [9.17, 15) is 9.59 Å². The predicted molar refractivity (Wildman–Crippen MR) is 109 cm³/mol. The maximum atomic E-state index is 12.4. The third-order valence-corrected chi connectivity index (χ3v) is 4.13. The van der Waals surface area contributed by atoms with Crippen molar-refractivity contribution in [3.05, 3.63) is 90.5 Å². The van der Waals surface area contributed by atoms with Crippen molar-refractivity contribution in [3.8, 4) is 11.5 Å². The van der Waals surface area contributed by atoms with Gasteiger partial charge in [0.05, 0.1) is 5.69 Å². The van der Waals surface area contributed by atoms with Crippen molar-refractivity contribution in [3.63, 3.8) is 0 Å². The molecule has 3 rings (SSSR count). The molecule has 3 aromatic carbocycles. The number of ether oxygens (including phenoxy) is 1. The minimum absolute atomic E-state index is 0.233. The molecule has 0 radical (unpaired) electrons. The van der Waals surface area contributed by atoms with Gasteiger partial charge in [-0.1, -0.05) is 60.7 Å². The van der Waals surface area contributed by atoms with Crippen molar-refractivity contribution >= 4 is 17.5 Å². The van der Waals surface area contributed by atoms with Gasteiger partial charge < -0.3 is 15.0 Å². The number of amides is 2. The topological polar surface area (TPSA) is 58.6 Å². The molecule has 1 N–H and O–H groups in total. The van der Waals surface area contributed by atoms with Crippen molar-refractivity contribution in [2.24, 2.45) is 0 Å². The summed E-state index contributed by atoms with van der Waals surface area (Å²) < 4.78 is 5.83. The molecule has 0 bridgehead atoms. The second-order valence-corrected chi connectivity index (χ2v) is 6.37. The Bertz CT molecular complexity index is 927. The number of rotatable bonds is 7. The Morgan fingerprint density at radius 1 is 0.857 bits per heavy atom. The van der Waals surface area contributed by atoms with E-state index in [0.717, 1.165) is 5.56 Å². The molecule has 0 spiro atoms. The van der Waals surface area contributed by atoms with Crippen LogP contribution in [0.5, 0.6) is 11.5 Å². The van der Waals surface area contributed by atoms with Crippen molar-refractivity contribution in [1.82, 2.24) is 4.90 Å². The molecule has 28 heavy (non-hydrogen) atoms. The van der Waals surface area contributed by atoms with Gasteiger partial charge in [-0.05, 0) is 29.8 Å². The van der Waals surface area contributed by atoms with Gasteiger partial charge in [0.15, 0.2) is 5.75 Å². The highest BCUT2D eigenvalue weighted by molar-refractivity contribution is 6.04. The van der Waals surface area contributed by atoms with Gasteiger partial charge in [0.1, 0.15) is 12.2 Å². The number of carbonyl (C=O) groups excluding carboxylic acids is 2. The number of nitrogens with zero attached hydrogens (tertiary/aromatic N) is 1. The third-order valence-electron chi connectivity index (χ3n) is 4.13. The smallest absolute Gasteiger partial charge is 0.233 e. The van der Waals surface area contributed by atoms with E-state index in [0.29, 0.717) is 23.7 Å². The summed E-state index contributed by atoms with van der Waals surface area (Å²) in [5.74, 6) is 0.562. The van der Waals surface area contributed by atoms with Crippen LogP contribution in [0, 0.1) is 0 Å². The molecule has 0 fully saturated rings. The highest BCUT2D eigenvalue weighted by Gasteiger charge is 2.16. The number of nitrogens with one attached hydrogen (secondary N) is 1. The summed E-state index contributed by atoms with van der Waals surface area (Å²) in [5, 5.41) is 2.77. The van der Waals surface area contributed by atoms with E-state index in [1.165, 1.54) is 0 Å². The molecular formula is C23H22N2O3. The summed E-state index contributed by atoms with van der Waals surface area (Å²) in [6, 6.07) is 26.1. The Morgan fingerprint density at radius 3 is 2.18 bits per heavy atom. The first-order valence-corrected chi connectivity index (χ1v) is 9.01. The Balaban J connectivity index is 1.59. The van der Waals surface area contributed by atoms with Crippen molar-refractivity contribution in [2.45, 2.75) is 13.0 Å². The average Bonchev–Trinajstić information content (AvgIpc) is 2.71. The van der Waals surface area contributed by atoms with E-state index in [2.05, 4.69) is 5.32 Å². The number of anilines is 1. The lowest BCUT2D eigenvalue weighted by Crippen LogP contribution is -2.30. The molecule has 0 aliphatic heterocycles. The molecule has 0 atom stereocenters. The normalized spacial score (nSPS) is 10.2. The Hall–Kier alpha value is -3.60. The highest BCUT2D eigenvalue weighted by atomic mass is 16.5. The molecule has 0 aliphatic rings. The number of carbonyl (C=O) groups is 2. The monoisotopic (exact) mass is 374 g/mol. The van der Waals surface area contributed by atoms with Gasteiger partial charge >= 0.3 is 0 Å². The SMILES string of the molecule is CN(Cc1ccccc1)C(=O)CC(=O)Nc1ccccc1Oc1ccccc1. The van der Waals surface area contributed by atoms with E-state index in [1.807, 2.05) is 66.7 Å². The van der Waals surface area contributed by atoms with Crippen LogP contribution in [0.2, 0.25) is 0 Å². The summed E-state index contributed by atoms with van der Waals surface area (Å²) in [5.41, 5.74) is 1.54. The van der Waals surface area contributed by atoms with Gasteiger partial charge in [0.25, 0.3) is 0 Å². The first-order valence-electron chi connectivity index (χ1n) is 9.01. The molecule has 0 heterocycles. The van der Waals surface area contributed by atoms with Gasteiger partial charge in [-0.3, -0.25) is 9.59 Å². The molecular weight excluding hydrogens is 352 g/mol. The lowest BCUT2D eigenvalue weighted by molar-refractivity contribution is -0.134. The van der Waals surface area contributed by atoms with Crippen molar-refractivity contribution < 1.29 is 14.3 Å². The summed E-state index contributed by atoms with van der Waals surface area (Å²) >= 11 is 0. The number of hydrogen-bond acceptors (Lipinski definition) is 3. The molecule has 5 nitrogen and oxygen atoms in total. The van der Waals surface area contributed by atoms with Crippen LogP contribution in [0.15, 0.2) is 84.9 Å². The van der Waals surface area contributed by atoms with Gasteiger partial charge in [-0.15, -0.1) is 0 Å². The van der Waals surface area contributed by atoms with Gasteiger partial charge in [0, 0.05) is 13.6 Å². The maximum Gasteiger partial charge on any atom is 0.233 e. The molecule has 0 saturated heterocycles. The predicted octanol–water partition coefficient (Wildman–Crippen LogP) is 4.47. The zero-order chi connectivity index (χ0) is 19.8. The van der Waals surface area contributed by atoms with Crippen LogP contribution in [0.25, 0.3) is 0 Å². The minimum atomic E-state index is -0.381. The molecule has 142 valence electrons. The van der Waals surface area contributed by atoms with Crippen LogP contribution in [0.4, 0.5) is 5.69 Å². The number of benzene rings is 3. The van der Waals surface area contributed by atoms with Crippen molar-refractivity contribution in [1.29, 1.82) is 0 Å². The van der Waals surface area contributed by atoms with Crippen LogP contribution in [0.3, 0.4) is 0 Å². The van der Waals surface area contributed by atoms with Crippen LogP contribution in [0.1, 0.15) is 12.0 Å². The van der Waals surface area contributed by atoms with E-state index in [-0.39, 0.29) is 18.2 Å². The maximum absolute atomic E-state index is 12.4. The zero-order valence-electron chi connectivity index (χ0n) is 15.7. The van der Waals surface area contributed by atoms with E-state index in [4.69, 9.17) is 4.74 Å². The van der Waals surface area contributed by atoms with E-state index >= 15 is 0 Å². The fourth-order valence-corrected chi connectivity index (χ4v) is 2.69. The Labute approximate surface area is 164 Å². The third kappa shape index (κ3) is 5.45. The second kappa shape index (κ2) is 9.37. The van der Waals surface area contributed by atoms with Gasteiger partial charge in [-0.2, -0.15) is 0 Å². The summed E-state index contributed by atoms with van der Waals surface area (Å²) in [6.07, 6.45) is -0.233. The van der Waals surface area contributed by atoms with Crippen LogP contribution in [-0.4, -0.2) is 23.8 Å². The molecule has 2 amide bonds. The summed E-state index contributed by atoms with van der Waals surface area (Å²) in [4.78, 5) is 26.3. The quantitative estimate of drug-likeness (QED) is 0.621. The molecule has 0 saturated carbocycles. The summed E-state index contributed by atoms with van der Waals surface area (Å²) in [7, 11) is 1.69. The fourth-order valence-electron chi connectivity index (χ4n) is 2.69. The molecule has 0 aromatic heterocycles. The highest BCUT2D eigenvalue weighted by Crippen LogP contribution is 2.29. The Morgan fingerprint density at radius 2 is 1.46 bits per heavy atom. The Kier molecular flexibility index (Phi) is 6.41. The largest absolute Gasteiger partial charge is 0.455 e. The van der Waals surface area contributed by atoms with Crippen molar-refractivity contribution in [2.75, 3.05) is 12.4 Å². The minimum Gasteiger partial charge on any atom is -0.455 e. The number of hydrogen-bond donors (Lipinski definition) is 1. The standard InChI is InChI=1S/C23H22N2O3/c1-25(17-18-10-4-2-5-11-18)23(27)16-22(26)24-20-14-8-9-15-21(20)28-19-12-6-3-7-13-19/h2-15H,16-17H2,1H3,(H,24,26). The first-order chi connectivity index (χ1) is 13.6.